The molecule has 0 atom stereocenters. The van der Waals surface area contributed by atoms with Crippen LogP contribution in [0.25, 0.3) is 5.57 Å². The molecule has 0 aliphatic carbocycles. The number of allylic oxidation sites excluding steroid dienone is 5. The molecule has 0 radical (unpaired) electrons. The fourth-order valence-electron chi connectivity index (χ4n) is 1.15. The topological polar surface area (TPSA) is 23.8 Å². The van der Waals surface area contributed by atoms with Crippen LogP contribution in [-0.4, -0.2) is 0 Å². The van der Waals surface area contributed by atoms with E-state index in [0.717, 1.165) is 11.1 Å². The fraction of sp³-hybridized carbons (Fsp3) is 0.0714. The summed E-state index contributed by atoms with van der Waals surface area (Å²) >= 11 is 0. The molecule has 0 fully saturated rings. The van der Waals surface area contributed by atoms with Gasteiger partial charge < -0.3 is 0 Å². The Morgan fingerprint density at radius 3 is 2.44 bits per heavy atom. The van der Waals surface area contributed by atoms with E-state index < -0.39 is 0 Å². The number of nitrogens with zero attached hydrogens (tertiary/aromatic N) is 1. The monoisotopic (exact) mass is 213 g/mol. The molecule has 0 bridgehead atoms. The Kier molecular flexibility index (Phi) is 4.23. The highest BCUT2D eigenvalue weighted by Gasteiger charge is 1.95. The lowest BCUT2D eigenvalue weighted by Gasteiger charge is -1.99. The minimum atomic E-state index is -0.272. The van der Waals surface area contributed by atoms with Gasteiger partial charge in [0.05, 0.1) is 6.07 Å². The van der Waals surface area contributed by atoms with Crippen LogP contribution in [0, 0.1) is 17.1 Å². The summed E-state index contributed by atoms with van der Waals surface area (Å²) in [6.07, 6.45) is 5.14. The second kappa shape index (κ2) is 5.67. The largest absolute Gasteiger partial charge is 0.207 e. The Labute approximate surface area is 94.8 Å². The first kappa shape index (κ1) is 11.9. The van der Waals surface area contributed by atoms with E-state index in [2.05, 4.69) is 6.58 Å². The highest BCUT2D eigenvalue weighted by atomic mass is 19.1. The SMILES string of the molecule is C=C(/C=C\C(C#N)=C/C)c1ccc(F)cc1. The van der Waals surface area contributed by atoms with Crippen molar-refractivity contribution >= 4 is 5.57 Å². The Morgan fingerprint density at radius 1 is 1.31 bits per heavy atom. The van der Waals surface area contributed by atoms with E-state index >= 15 is 0 Å². The smallest absolute Gasteiger partial charge is 0.123 e. The Morgan fingerprint density at radius 2 is 1.94 bits per heavy atom. The Balaban J connectivity index is 2.81. The Hall–Kier alpha value is -2.14. The first-order valence-corrected chi connectivity index (χ1v) is 4.86. The normalized spacial score (nSPS) is 11.4. The maximum Gasteiger partial charge on any atom is 0.123 e. The molecule has 2 heteroatoms. The zero-order valence-electron chi connectivity index (χ0n) is 9.07. The van der Waals surface area contributed by atoms with E-state index in [9.17, 15) is 4.39 Å². The number of benzene rings is 1. The molecule has 1 aromatic rings. The predicted octanol–water partition coefficient (Wildman–Crippen LogP) is 3.86. The predicted molar refractivity (Wildman–Crippen MR) is 63.9 cm³/mol. The summed E-state index contributed by atoms with van der Waals surface area (Å²) in [5, 5.41) is 8.70. The molecule has 0 unspecified atom stereocenters. The molecular formula is C14H12FN. The average Bonchev–Trinajstić information content (AvgIpc) is 2.31. The number of rotatable bonds is 3. The van der Waals surface area contributed by atoms with Gasteiger partial charge in [0, 0.05) is 5.57 Å². The fourth-order valence-corrected chi connectivity index (χ4v) is 1.15. The van der Waals surface area contributed by atoms with E-state index in [1.54, 1.807) is 37.3 Å². The molecule has 1 nitrogen and oxygen atoms in total. The molecule has 1 rings (SSSR count). The summed E-state index contributed by atoms with van der Waals surface area (Å²) < 4.78 is 12.7. The first-order chi connectivity index (χ1) is 7.67. The van der Waals surface area contributed by atoms with Gasteiger partial charge in [0.2, 0.25) is 0 Å². The van der Waals surface area contributed by atoms with E-state index in [0.29, 0.717) is 5.57 Å². The van der Waals surface area contributed by atoms with Crippen molar-refractivity contribution in [2.75, 3.05) is 0 Å². The van der Waals surface area contributed by atoms with Crippen LogP contribution in [0.15, 0.2) is 54.6 Å². The van der Waals surface area contributed by atoms with Gasteiger partial charge in [0.1, 0.15) is 5.82 Å². The van der Waals surface area contributed by atoms with Crippen LogP contribution in [0.4, 0.5) is 4.39 Å². The average molecular weight is 213 g/mol. The number of halogens is 1. The number of hydrogen-bond donors (Lipinski definition) is 0. The summed E-state index contributed by atoms with van der Waals surface area (Å²) in [6.45, 7) is 5.64. The van der Waals surface area contributed by atoms with E-state index in [4.69, 9.17) is 5.26 Å². The Bertz CT molecular complexity index is 472. The van der Waals surface area contributed by atoms with E-state index in [1.807, 2.05) is 6.07 Å². The van der Waals surface area contributed by atoms with Crippen molar-refractivity contribution < 1.29 is 4.39 Å². The molecule has 0 saturated carbocycles. The minimum absolute atomic E-state index is 0.272. The van der Waals surface area contributed by atoms with Crippen LogP contribution in [0.2, 0.25) is 0 Å². The zero-order valence-corrected chi connectivity index (χ0v) is 9.07. The van der Waals surface area contributed by atoms with Crippen molar-refractivity contribution in [3.63, 3.8) is 0 Å². The highest BCUT2D eigenvalue weighted by molar-refractivity contribution is 5.72. The molecule has 0 saturated heterocycles. The van der Waals surface area contributed by atoms with Crippen molar-refractivity contribution in [2.24, 2.45) is 0 Å². The van der Waals surface area contributed by atoms with Gasteiger partial charge in [-0.1, -0.05) is 30.9 Å². The summed E-state index contributed by atoms with van der Waals surface area (Å²) in [7, 11) is 0. The molecule has 0 aliphatic rings. The minimum Gasteiger partial charge on any atom is -0.207 e. The van der Waals surface area contributed by atoms with Crippen LogP contribution in [-0.2, 0) is 0 Å². The summed E-state index contributed by atoms with van der Waals surface area (Å²) in [5.74, 6) is -0.272. The zero-order chi connectivity index (χ0) is 12.0. The van der Waals surface area contributed by atoms with Crippen molar-refractivity contribution in [1.82, 2.24) is 0 Å². The van der Waals surface area contributed by atoms with Crippen molar-refractivity contribution in [2.45, 2.75) is 6.92 Å². The van der Waals surface area contributed by atoms with Crippen LogP contribution in [0.5, 0.6) is 0 Å². The third-order valence-electron chi connectivity index (χ3n) is 2.12. The van der Waals surface area contributed by atoms with Gasteiger partial charge in [-0.2, -0.15) is 5.26 Å². The second-order valence-corrected chi connectivity index (χ2v) is 3.22. The molecule has 0 aliphatic heterocycles. The molecule has 0 amide bonds. The molecular weight excluding hydrogens is 201 g/mol. The number of nitriles is 1. The van der Waals surface area contributed by atoms with E-state index in [1.165, 1.54) is 12.1 Å². The van der Waals surface area contributed by atoms with Crippen molar-refractivity contribution in [3.05, 3.63) is 66.0 Å². The van der Waals surface area contributed by atoms with Gasteiger partial charge in [0.25, 0.3) is 0 Å². The van der Waals surface area contributed by atoms with Crippen LogP contribution in [0.3, 0.4) is 0 Å². The second-order valence-electron chi connectivity index (χ2n) is 3.22. The lowest BCUT2D eigenvalue weighted by atomic mass is 10.1. The van der Waals surface area contributed by atoms with Gasteiger partial charge in [0.15, 0.2) is 0 Å². The highest BCUT2D eigenvalue weighted by Crippen LogP contribution is 2.14. The lowest BCUT2D eigenvalue weighted by Crippen LogP contribution is -1.80. The van der Waals surface area contributed by atoms with Crippen LogP contribution >= 0.6 is 0 Å². The number of hydrogen-bond acceptors (Lipinski definition) is 1. The summed E-state index contributed by atoms with van der Waals surface area (Å²) in [5.41, 5.74) is 2.16. The lowest BCUT2D eigenvalue weighted by molar-refractivity contribution is 0.627. The van der Waals surface area contributed by atoms with Gasteiger partial charge in [-0.15, -0.1) is 0 Å². The van der Waals surface area contributed by atoms with Crippen molar-refractivity contribution in [3.8, 4) is 6.07 Å². The maximum atomic E-state index is 12.7. The summed E-state index contributed by atoms with van der Waals surface area (Å²) in [6, 6.07) is 8.12. The third-order valence-corrected chi connectivity index (χ3v) is 2.12. The maximum absolute atomic E-state index is 12.7. The molecule has 80 valence electrons. The molecule has 0 N–H and O–H groups in total. The molecule has 0 aromatic heterocycles. The van der Waals surface area contributed by atoms with Gasteiger partial charge in [-0.25, -0.2) is 4.39 Å². The van der Waals surface area contributed by atoms with Gasteiger partial charge in [-0.05, 0) is 36.3 Å². The molecule has 16 heavy (non-hydrogen) atoms. The molecule has 0 heterocycles. The first-order valence-electron chi connectivity index (χ1n) is 4.86. The quantitative estimate of drug-likeness (QED) is 0.552. The molecule has 0 spiro atoms. The van der Waals surface area contributed by atoms with Crippen molar-refractivity contribution in [1.29, 1.82) is 5.26 Å². The molecule has 1 aromatic carbocycles. The standard InChI is InChI=1S/C14H12FN/c1-3-12(10-16)5-4-11(2)13-6-8-14(15)9-7-13/h3-9H,2H2,1H3/b5-4-,12-3+. The van der Waals surface area contributed by atoms with Gasteiger partial charge in [-0.3, -0.25) is 0 Å². The van der Waals surface area contributed by atoms with Gasteiger partial charge >= 0.3 is 0 Å². The van der Waals surface area contributed by atoms with E-state index in [-0.39, 0.29) is 5.82 Å². The van der Waals surface area contributed by atoms with Crippen LogP contribution < -0.4 is 0 Å². The third kappa shape index (κ3) is 3.21. The summed E-state index contributed by atoms with van der Waals surface area (Å²) in [4.78, 5) is 0. The van der Waals surface area contributed by atoms with Crippen LogP contribution in [0.1, 0.15) is 12.5 Å².